The first-order chi connectivity index (χ1) is 13.0. The Bertz CT molecular complexity index is 983. The minimum atomic E-state index is -0.583. The van der Waals surface area contributed by atoms with Crippen LogP contribution in [-0.2, 0) is 0 Å². The first-order valence-electron chi connectivity index (χ1n) is 8.61. The van der Waals surface area contributed by atoms with Crippen molar-refractivity contribution in [3.63, 3.8) is 0 Å². The van der Waals surface area contributed by atoms with E-state index in [9.17, 15) is 14.0 Å². The third-order valence-electron chi connectivity index (χ3n) is 4.00. The summed E-state index contributed by atoms with van der Waals surface area (Å²) < 4.78 is 15.3. The number of carbonyl (C=O) groups is 2. The lowest BCUT2D eigenvalue weighted by molar-refractivity contribution is 0.0925. The van der Waals surface area contributed by atoms with Gasteiger partial charge in [0.25, 0.3) is 11.8 Å². The maximum atomic E-state index is 13.5. The van der Waals surface area contributed by atoms with Crippen molar-refractivity contribution in [2.75, 3.05) is 13.1 Å². The minimum absolute atomic E-state index is 0.0272. The fourth-order valence-corrected chi connectivity index (χ4v) is 2.64. The van der Waals surface area contributed by atoms with E-state index in [-0.39, 0.29) is 30.6 Å². The Kier molecular flexibility index (Phi) is 5.44. The molecule has 0 unspecified atom stereocenters. The van der Waals surface area contributed by atoms with Gasteiger partial charge >= 0.3 is 0 Å². The van der Waals surface area contributed by atoms with Crippen molar-refractivity contribution in [1.82, 2.24) is 25.4 Å². The highest BCUT2D eigenvalue weighted by atomic mass is 19.1. The van der Waals surface area contributed by atoms with E-state index in [1.165, 1.54) is 24.4 Å². The number of aromatic nitrogens is 3. The molecule has 0 saturated carbocycles. The quantitative estimate of drug-likeness (QED) is 0.653. The van der Waals surface area contributed by atoms with E-state index in [1.807, 2.05) is 13.8 Å². The molecule has 0 aliphatic rings. The first-order valence-corrected chi connectivity index (χ1v) is 8.61. The summed E-state index contributed by atoms with van der Waals surface area (Å²) in [7, 11) is 0. The molecule has 8 heteroatoms. The van der Waals surface area contributed by atoms with Gasteiger partial charge < -0.3 is 10.6 Å². The van der Waals surface area contributed by atoms with Gasteiger partial charge in [0.05, 0.1) is 17.3 Å². The summed E-state index contributed by atoms with van der Waals surface area (Å²) in [6.07, 6.45) is 3.17. The van der Waals surface area contributed by atoms with Crippen LogP contribution < -0.4 is 10.6 Å². The Morgan fingerprint density at radius 2 is 1.81 bits per heavy atom. The van der Waals surface area contributed by atoms with Gasteiger partial charge in [-0.3, -0.25) is 9.59 Å². The molecule has 0 bridgehead atoms. The Labute approximate surface area is 155 Å². The minimum Gasteiger partial charge on any atom is -0.350 e. The molecule has 0 atom stereocenters. The van der Waals surface area contributed by atoms with Crippen molar-refractivity contribution in [3.8, 4) is 0 Å². The highest BCUT2D eigenvalue weighted by Gasteiger charge is 2.12. The van der Waals surface area contributed by atoms with Gasteiger partial charge in [0, 0.05) is 30.7 Å². The number of benzene rings is 1. The van der Waals surface area contributed by atoms with Crippen LogP contribution in [0.15, 0.2) is 42.7 Å². The summed E-state index contributed by atoms with van der Waals surface area (Å²) in [6.45, 7) is 4.40. The molecule has 1 aromatic carbocycles. The monoisotopic (exact) mass is 369 g/mol. The maximum absolute atomic E-state index is 13.5. The van der Waals surface area contributed by atoms with E-state index >= 15 is 0 Å². The van der Waals surface area contributed by atoms with E-state index in [2.05, 4.69) is 20.7 Å². The van der Waals surface area contributed by atoms with Crippen LogP contribution in [0.2, 0.25) is 0 Å². The Morgan fingerprint density at radius 1 is 1.11 bits per heavy atom. The number of carbonyl (C=O) groups excluding carboxylic acids is 2. The number of rotatable bonds is 6. The molecule has 2 aromatic heterocycles. The average molecular weight is 369 g/mol. The number of fused-ring (bicyclic) bond motifs is 1. The Balaban J connectivity index is 1.54. The lowest BCUT2D eigenvalue weighted by Crippen LogP contribution is -2.35. The molecule has 0 aliphatic carbocycles. The van der Waals surface area contributed by atoms with Crippen molar-refractivity contribution in [1.29, 1.82) is 0 Å². The zero-order chi connectivity index (χ0) is 19.4. The largest absolute Gasteiger partial charge is 0.350 e. The summed E-state index contributed by atoms with van der Waals surface area (Å²) in [5, 5.41) is 10.3. The molecule has 0 aliphatic heterocycles. The number of nitrogens with zero attached hydrogens (tertiary/aromatic N) is 3. The van der Waals surface area contributed by atoms with Gasteiger partial charge in [0.2, 0.25) is 0 Å². The Hall–Kier alpha value is -3.29. The van der Waals surface area contributed by atoms with Crippen LogP contribution in [0.25, 0.3) is 11.0 Å². The van der Waals surface area contributed by atoms with Crippen molar-refractivity contribution < 1.29 is 14.0 Å². The molecule has 0 spiro atoms. The molecule has 0 radical (unpaired) electrons. The fourth-order valence-electron chi connectivity index (χ4n) is 2.64. The topological polar surface area (TPSA) is 88.9 Å². The molecule has 2 N–H and O–H groups in total. The van der Waals surface area contributed by atoms with Gasteiger partial charge in [-0.15, -0.1) is 0 Å². The molecule has 0 saturated heterocycles. The van der Waals surface area contributed by atoms with Crippen LogP contribution in [0, 0.1) is 5.82 Å². The average Bonchev–Trinajstić information content (AvgIpc) is 3.08. The lowest BCUT2D eigenvalue weighted by atomic mass is 10.2. The number of hydrogen-bond acceptors (Lipinski definition) is 4. The summed E-state index contributed by atoms with van der Waals surface area (Å²) in [5.41, 5.74) is 1.10. The number of halogens is 1. The van der Waals surface area contributed by atoms with Gasteiger partial charge in [-0.2, -0.15) is 5.10 Å². The van der Waals surface area contributed by atoms with Crippen molar-refractivity contribution in [3.05, 3.63) is 59.7 Å². The van der Waals surface area contributed by atoms with Gasteiger partial charge in [-0.1, -0.05) is 12.1 Å². The highest BCUT2D eigenvalue weighted by molar-refractivity contribution is 5.97. The number of nitrogens with one attached hydrogen (secondary N) is 2. The predicted molar refractivity (Wildman–Crippen MR) is 99.0 cm³/mol. The molecular formula is C19H20FN5O2. The molecule has 140 valence electrons. The fraction of sp³-hybridized carbons (Fsp3) is 0.263. The normalized spacial score (nSPS) is 11.0. The number of amides is 2. The molecule has 0 fully saturated rings. The van der Waals surface area contributed by atoms with Crippen LogP contribution in [0.3, 0.4) is 0 Å². The van der Waals surface area contributed by atoms with Gasteiger partial charge in [0.1, 0.15) is 5.82 Å². The zero-order valence-electron chi connectivity index (χ0n) is 15.1. The van der Waals surface area contributed by atoms with E-state index in [1.54, 1.807) is 23.0 Å². The third kappa shape index (κ3) is 4.11. The second-order valence-electron chi connectivity index (χ2n) is 6.31. The molecule has 2 amide bonds. The molecule has 27 heavy (non-hydrogen) atoms. The Morgan fingerprint density at radius 3 is 2.52 bits per heavy atom. The van der Waals surface area contributed by atoms with Gasteiger partial charge in [-0.25, -0.2) is 14.1 Å². The van der Waals surface area contributed by atoms with Crippen LogP contribution in [0.1, 0.15) is 40.6 Å². The lowest BCUT2D eigenvalue weighted by Gasteiger charge is -2.08. The summed E-state index contributed by atoms with van der Waals surface area (Å²) in [5.74, 6) is -1.41. The first kappa shape index (κ1) is 18.5. The predicted octanol–water partition coefficient (Wildman–Crippen LogP) is 2.31. The second kappa shape index (κ2) is 7.94. The van der Waals surface area contributed by atoms with E-state index in [0.717, 1.165) is 11.0 Å². The van der Waals surface area contributed by atoms with Crippen LogP contribution in [0.5, 0.6) is 0 Å². The molecule has 3 rings (SSSR count). The third-order valence-corrected chi connectivity index (χ3v) is 4.00. The summed E-state index contributed by atoms with van der Waals surface area (Å²) in [4.78, 5) is 28.5. The maximum Gasteiger partial charge on any atom is 0.254 e. The van der Waals surface area contributed by atoms with E-state index in [4.69, 9.17) is 0 Å². The summed E-state index contributed by atoms with van der Waals surface area (Å²) in [6, 6.07) is 7.63. The van der Waals surface area contributed by atoms with Crippen LogP contribution in [-0.4, -0.2) is 39.7 Å². The smallest absolute Gasteiger partial charge is 0.254 e. The molecular weight excluding hydrogens is 349 g/mol. The molecule has 2 heterocycles. The van der Waals surface area contributed by atoms with Crippen molar-refractivity contribution in [2.24, 2.45) is 0 Å². The molecule has 7 nitrogen and oxygen atoms in total. The van der Waals surface area contributed by atoms with E-state index < -0.39 is 11.7 Å². The zero-order valence-corrected chi connectivity index (χ0v) is 15.1. The van der Waals surface area contributed by atoms with Gasteiger partial charge in [0.15, 0.2) is 5.65 Å². The number of hydrogen-bond donors (Lipinski definition) is 2. The summed E-state index contributed by atoms with van der Waals surface area (Å²) >= 11 is 0. The number of pyridine rings is 1. The highest BCUT2D eigenvalue weighted by Crippen LogP contribution is 2.16. The van der Waals surface area contributed by atoms with E-state index in [0.29, 0.717) is 5.56 Å². The van der Waals surface area contributed by atoms with Crippen LogP contribution >= 0.6 is 0 Å². The molecule has 3 aromatic rings. The van der Waals surface area contributed by atoms with Crippen molar-refractivity contribution >= 4 is 22.8 Å². The second-order valence-corrected chi connectivity index (χ2v) is 6.31. The SMILES string of the molecule is CC(C)n1ncc2cc(C(=O)NCCNC(=O)c3ccccc3F)cnc21. The van der Waals surface area contributed by atoms with Gasteiger partial charge in [-0.05, 0) is 32.0 Å². The standard InChI is InChI=1S/C19H20FN5O2/c1-12(2)25-17-13(11-24-25)9-14(10-23-17)18(26)21-7-8-22-19(27)15-5-3-4-6-16(15)20/h3-6,9-12H,7-8H2,1-2H3,(H,21,26)(H,22,27). The van der Waals surface area contributed by atoms with Crippen LogP contribution in [0.4, 0.5) is 4.39 Å². The van der Waals surface area contributed by atoms with Crippen molar-refractivity contribution in [2.45, 2.75) is 19.9 Å².